The highest BCUT2D eigenvalue weighted by molar-refractivity contribution is 6.12. The van der Waals surface area contributed by atoms with Gasteiger partial charge in [0, 0.05) is 32.9 Å². The number of para-hydroxylation sites is 2. The summed E-state index contributed by atoms with van der Waals surface area (Å²) in [5.41, 5.74) is 17.0. The molecule has 0 saturated heterocycles. The molecule has 0 aliphatic heterocycles. The summed E-state index contributed by atoms with van der Waals surface area (Å²) in [6, 6.07) is 66.9. The molecule has 0 radical (unpaired) electrons. The fraction of sp³-hybridized carbons (Fsp3) is 0.0400. The number of benzene rings is 8. The van der Waals surface area contributed by atoms with E-state index in [1.807, 2.05) is 0 Å². The van der Waals surface area contributed by atoms with Crippen LogP contribution in [-0.2, 0) is 0 Å². The Balaban J connectivity index is 1.08. The maximum absolute atomic E-state index is 2.41. The van der Waals surface area contributed by atoms with Crippen LogP contribution in [0.1, 0.15) is 11.1 Å². The minimum atomic E-state index is 1.16. The Kier molecular flexibility index (Phi) is 6.97. The van der Waals surface area contributed by atoms with E-state index in [-0.39, 0.29) is 0 Å². The van der Waals surface area contributed by atoms with Crippen molar-refractivity contribution >= 4 is 43.6 Å². The Morgan fingerprint density at radius 1 is 0.269 bits per heavy atom. The number of hydrogen-bond donors (Lipinski definition) is 0. The van der Waals surface area contributed by atoms with E-state index in [0.29, 0.717) is 0 Å². The van der Waals surface area contributed by atoms with Crippen LogP contribution in [0.3, 0.4) is 0 Å². The van der Waals surface area contributed by atoms with Gasteiger partial charge in [-0.2, -0.15) is 0 Å². The van der Waals surface area contributed by atoms with E-state index in [1.54, 1.807) is 0 Å². The van der Waals surface area contributed by atoms with Crippen molar-refractivity contribution in [1.82, 2.24) is 9.13 Å². The minimum Gasteiger partial charge on any atom is -0.309 e. The van der Waals surface area contributed by atoms with Crippen LogP contribution in [0.25, 0.3) is 88.4 Å². The molecule has 0 N–H and O–H groups in total. The molecular weight excluding hydrogens is 629 g/mol. The van der Waals surface area contributed by atoms with Crippen molar-refractivity contribution < 1.29 is 0 Å². The van der Waals surface area contributed by atoms with Crippen LogP contribution in [0.15, 0.2) is 182 Å². The lowest BCUT2D eigenvalue weighted by atomic mass is 10.0. The van der Waals surface area contributed by atoms with Gasteiger partial charge in [0.15, 0.2) is 0 Å². The molecule has 10 rings (SSSR count). The number of aryl methyl sites for hydroxylation is 2. The first kappa shape index (κ1) is 30.2. The molecule has 2 nitrogen and oxygen atoms in total. The Bertz CT molecular complexity index is 2940. The van der Waals surface area contributed by atoms with E-state index >= 15 is 0 Å². The van der Waals surface area contributed by atoms with Gasteiger partial charge in [-0.3, -0.25) is 0 Å². The lowest BCUT2D eigenvalue weighted by Gasteiger charge is -2.11. The molecule has 0 aliphatic carbocycles. The molecule has 0 aliphatic rings. The number of aromatic nitrogens is 2. The Labute approximate surface area is 303 Å². The van der Waals surface area contributed by atoms with Crippen LogP contribution in [0.4, 0.5) is 0 Å². The summed E-state index contributed by atoms with van der Waals surface area (Å²) in [5, 5.41) is 5.02. The first-order valence-corrected chi connectivity index (χ1v) is 18.0. The fourth-order valence-corrected chi connectivity index (χ4v) is 7.98. The molecule has 2 heteroatoms. The van der Waals surface area contributed by atoms with Gasteiger partial charge < -0.3 is 9.13 Å². The third-order valence-corrected chi connectivity index (χ3v) is 10.7. The molecule has 0 spiro atoms. The van der Waals surface area contributed by atoms with Crippen molar-refractivity contribution in [2.45, 2.75) is 13.8 Å². The largest absolute Gasteiger partial charge is 0.309 e. The van der Waals surface area contributed by atoms with E-state index < -0.39 is 0 Å². The lowest BCUT2D eigenvalue weighted by molar-refractivity contribution is 1.18. The van der Waals surface area contributed by atoms with Gasteiger partial charge in [-0.1, -0.05) is 132 Å². The zero-order valence-electron chi connectivity index (χ0n) is 29.2. The van der Waals surface area contributed by atoms with Crippen LogP contribution < -0.4 is 0 Å². The van der Waals surface area contributed by atoms with Crippen molar-refractivity contribution in [1.29, 1.82) is 0 Å². The van der Waals surface area contributed by atoms with Gasteiger partial charge in [0.25, 0.3) is 0 Å². The number of hydrogen-bond acceptors (Lipinski definition) is 0. The van der Waals surface area contributed by atoms with Crippen LogP contribution >= 0.6 is 0 Å². The highest BCUT2D eigenvalue weighted by Crippen LogP contribution is 2.39. The molecule has 8 aromatic carbocycles. The standard InChI is InChI=1S/C50H36N2/c1-33-14-18-35(19-15-33)36-22-26-41(27-23-36)51-47-12-5-3-10-43(47)45-31-39(24-28-49(45)51)40-25-29-50-46(32-40)44-11-4-6-13-48(44)52(50)42-9-7-8-38(30-42)37-20-16-34(2)17-21-37/h3-32H,1-2H3. The summed E-state index contributed by atoms with van der Waals surface area (Å²) < 4.78 is 4.81. The summed E-state index contributed by atoms with van der Waals surface area (Å²) >= 11 is 0. The second kappa shape index (κ2) is 12.0. The molecule has 0 unspecified atom stereocenters. The Hall–Kier alpha value is -6.64. The normalized spacial score (nSPS) is 11.7. The summed E-state index contributed by atoms with van der Waals surface area (Å²) in [6.07, 6.45) is 0. The minimum absolute atomic E-state index is 1.16. The number of rotatable bonds is 5. The van der Waals surface area contributed by atoms with E-state index in [9.17, 15) is 0 Å². The number of nitrogens with zero attached hydrogens (tertiary/aromatic N) is 2. The first-order valence-electron chi connectivity index (χ1n) is 18.0. The van der Waals surface area contributed by atoms with Crippen molar-refractivity contribution in [3.63, 3.8) is 0 Å². The van der Waals surface area contributed by atoms with Crippen LogP contribution in [0.5, 0.6) is 0 Å². The topological polar surface area (TPSA) is 9.86 Å². The van der Waals surface area contributed by atoms with Crippen LogP contribution in [0.2, 0.25) is 0 Å². The van der Waals surface area contributed by atoms with Gasteiger partial charge in [-0.05, 0) is 108 Å². The van der Waals surface area contributed by atoms with Crippen molar-refractivity contribution in [2.75, 3.05) is 0 Å². The van der Waals surface area contributed by atoms with E-state index in [0.717, 1.165) is 11.4 Å². The van der Waals surface area contributed by atoms with E-state index in [1.165, 1.54) is 88.1 Å². The third kappa shape index (κ3) is 4.95. The second-order valence-electron chi connectivity index (χ2n) is 14.0. The molecule has 2 heterocycles. The lowest BCUT2D eigenvalue weighted by Crippen LogP contribution is -1.94. The number of fused-ring (bicyclic) bond motifs is 6. The van der Waals surface area contributed by atoms with Gasteiger partial charge in [-0.15, -0.1) is 0 Å². The van der Waals surface area contributed by atoms with Crippen molar-refractivity contribution in [3.8, 4) is 44.8 Å². The first-order chi connectivity index (χ1) is 25.6. The maximum atomic E-state index is 2.41. The molecule has 2 aromatic heterocycles. The van der Waals surface area contributed by atoms with Gasteiger partial charge in [-0.25, -0.2) is 0 Å². The molecule has 0 fully saturated rings. The van der Waals surface area contributed by atoms with Crippen LogP contribution in [0, 0.1) is 13.8 Å². The van der Waals surface area contributed by atoms with Crippen molar-refractivity contribution in [2.24, 2.45) is 0 Å². The fourth-order valence-electron chi connectivity index (χ4n) is 7.98. The van der Waals surface area contributed by atoms with Crippen molar-refractivity contribution in [3.05, 3.63) is 193 Å². The Morgan fingerprint density at radius 3 is 1.21 bits per heavy atom. The zero-order chi connectivity index (χ0) is 34.8. The second-order valence-corrected chi connectivity index (χ2v) is 14.0. The predicted molar refractivity (Wildman–Crippen MR) is 221 cm³/mol. The molecule has 0 amide bonds. The molecule has 0 bridgehead atoms. The highest BCUT2D eigenvalue weighted by atomic mass is 15.0. The third-order valence-electron chi connectivity index (χ3n) is 10.7. The highest BCUT2D eigenvalue weighted by Gasteiger charge is 2.16. The van der Waals surface area contributed by atoms with Gasteiger partial charge in [0.1, 0.15) is 0 Å². The summed E-state index contributed by atoms with van der Waals surface area (Å²) in [7, 11) is 0. The average molecular weight is 665 g/mol. The summed E-state index contributed by atoms with van der Waals surface area (Å²) in [4.78, 5) is 0. The van der Waals surface area contributed by atoms with Gasteiger partial charge in [0.2, 0.25) is 0 Å². The van der Waals surface area contributed by atoms with E-state index in [2.05, 4.69) is 205 Å². The van der Waals surface area contributed by atoms with Gasteiger partial charge in [0.05, 0.1) is 22.1 Å². The Morgan fingerprint density at radius 2 is 0.673 bits per heavy atom. The smallest absolute Gasteiger partial charge is 0.0541 e. The summed E-state index contributed by atoms with van der Waals surface area (Å²) in [6.45, 7) is 4.26. The zero-order valence-corrected chi connectivity index (χ0v) is 29.2. The maximum Gasteiger partial charge on any atom is 0.0541 e. The SMILES string of the molecule is Cc1ccc(-c2ccc(-n3c4ccccc4c4cc(-c5ccc6c(c5)c5ccccc5n6-c5cccc(-c6ccc(C)cc6)c5)ccc43)cc2)cc1. The van der Waals surface area contributed by atoms with Crippen LogP contribution in [-0.4, -0.2) is 9.13 Å². The van der Waals surface area contributed by atoms with Gasteiger partial charge >= 0.3 is 0 Å². The molecule has 246 valence electrons. The molecule has 52 heavy (non-hydrogen) atoms. The monoisotopic (exact) mass is 664 g/mol. The predicted octanol–water partition coefficient (Wildman–Crippen LogP) is 13.5. The average Bonchev–Trinajstić information content (AvgIpc) is 3.71. The summed E-state index contributed by atoms with van der Waals surface area (Å²) in [5.74, 6) is 0. The quantitative estimate of drug-likeness (QED) is 0.173. The molecule has 10 aromatic rings. The molecule has 0 saturated carbocycles. The molecular formula is C50H36N2. The molecule has 0 atom stereocenters. The van der Waals surface area contributed by atoms with E-state index in [4.69, 9.17) is 0 Å².